The second-order valence-electron chi connectivity index (χ2n) is 5.59. The molecule has 122 valence electrons. The first-order valence-electron chi connectivity index (χ1n) is 7.35. The molecular weight excluding hydrogens is 367 g/mol. The Morgan fingerprint density at radius 2 is 1.79 bits per heavy atom. The molecule has 0 aliphatic carbocycles. The van der Waals surface area contributed by atoms with Crippen molar-refractivity contribution in [3.05, 3.63) is 64.9 Å². The van der Waals surface area contributed by atoms with Gasteiger partial charge >= 0.3 is 0 Å². The minimum absolute atomic E-state index is 0.0283. The number of thioether (sulfide) groups is 1. The Labute approximate surface area is 153 Å². The fourth-order valence-corrected chi connectivity index (χ4v) is 5.05. The van der Waals surface area contributed by atoms with E-state index in [0.29, 0.717) is 21.6 Å². The quantitative estimate of drug-likeness (QED) is 0.730. The molecule has 2 fully saturated rings. The summed E-state index contributed by atoms with van der Waals surface area (Å²) in [4.78, 5) is 16.3. The van der Waals surface area contributed by atoms with E-state index in [9.17, 15) is 9.18 Å². The van der Waals surface area contributed by atoms with E-state index in [4.69, 9.17) is 23.8 Å². The molecule has 3 nitrogen and oxygen atoms in total. The standard InChI is InChI=1S/C17H12ClFN2OS2/c18-11-3-7-13(8-4-11)20-15(22)14-9-24-16(21(14)17(20)23)10-1-5-12(19)6-2-10/h1-8,14,16H,9H2/t14-,16?/m0/s1. The SMILES string of the molecule is O=C1[C@@H]2CSC(c3ccc(F)cc3)N2C(=S)N1c1ccc(Cl)cc1. The highest BCUT2D eigenvalue weighted by Gasteiger charge is 2.50. The van der Waals surface area contributed by atoms with Crippen molar-refractivity contribution in [2.45, 2.75) is 11.4 Å². The van der Waals surface area contributed by atoms with E-state index < -0.39 is 0 Å². The first-order valence-corrected chi connectivity index (χ1v) is 9.18. The summed E-state index contributed by atoms with van der Waals surface area (Å²) in [6, 6.07) is 13.1. The van der Waals surface area contributed by atoms with Crippen LogP contribution in [0.4, 0.5) is 10.1 Å². The Morgan fingerprint density at radius 1 is 1.12 bits per heavy atom. The van der Waals surface area contributed by atoms with Crippen LogP contribution in [0.1, 0.15) is 10.9 Å². The number of hydrogen-bond donors (Lipinski definition) is 0. The van der Waals surface area contributed by atoms with Gasteiger partial charge in [0.15, 0.2) is 5.11 Å². The van der Waals surface area contributed by atoms with E-state index in [1.165, 1.54) is 12.1 Å². The zero-order valence-electron chi connectivity index (χ0n) is 12.4. The number of fused-ring (bicyclic) bond motifs is 1. The summed E-state index contributed by atoms with van der Waals surface area (Å²) in [5, 5.41) is 1.01. The molecule has 1 unspecified atom stereocenters. The number of halogens is 2. The van der Waals surface area contributed by atoms with E-state index in [0.717, 1.165) is 5.56 Å². The summed E-state index contributed by atoms with van der Waals surface area (Å²) < 4.78 is 13.2. The summed E-state index contributed by atoms with van der Waals surface area (Å²) in [5.41, 5.74) is 1.66. The number of thiocarbonyl (C=S) groups is 1. The van der Waals surface area contributed by atoms with E-state index in [1.54, 1.807) is 53.1 Å². The fraction of sp³-hybridized carbons (Fsp3) is 0.176. The van der Waals surface area contributed by atoms with E-state index >= 15 is 0 Å². The predicted octanol–water partition coefficient (Wildman–Crippen LogP) is 4.23. The van der Waals surface area contributed by atoms with Gasteiger partial charge in [-0.25, -0.2) is 4.39 Å². The maximum atomic E-state index is 13.2. The van der Waals surface area contributed by atoms with Gasteiger partial charge in [0.25, 0.3) is 5.91 Å². The lowest BCUT2D eigenvalue weighted by Gasteiger charge is -2.25. The third-order valence-corrected chi connectivity index (χ3v) is 6.13. The van der Waals surface area contributed by atoms with Gasteiger partial charge in [-0.2, -0.15) is 0 Å². The highest BCUT2D eigenvalue weighted by Crippen LogP contribution is 2.46. The summed E-state index contributed by atoms with van der Waals surface area (Å²) >= 11 is 13.2. The number of carbonyl (C=O) groups excluding carboxylic acids is 1. The van der Waals surface area contributed by atoms with Crippen LogP contribution in [0.15, 0.2) is 48.5 Å². The van der Waals surface area contributed by atoms with Gasteiger partial charge in [0.1, 0.15) is 17.2 Å². The van der Waals surface area contributed by atoms with Crippen LogP contribution >= 0.6 is 35.6 Å². The maximum Gasteiger partial charge on any atom is 0.257 e. The van der Waals surface area contributed by atoms with Gasteiger partial charge in [0, 0.05) is 10.8 Å². The van der Waals surface area contributed by atoms with Crippen LogP contribution in [0.25, 0.3) is 0 Å². The van der Waals surface area contributed by atoms with Crippen LogP contribution in [0, 0.1) is 5.82 Å². The molecule has 1 amide bonds. The molecule has 24 heavy (non-hydrogen) atoms. The number of nitrogens with zero attached hydrogens (tertiary/aromatic N) is 2. The molecule has 2 saturated heterocycles. The summed E-state index contributed by atoms with van der Waals surface area (Å²) in [7, 11) is 0. The third kappa shape index (κ3) is 2.49. The second kappa shape index (κ2) is 6.02. The molecule has 2 atom stereocenters. The Kier molecular flexibility index (Phi) is 3.98. The van der Waals surface area contributed by atoms with Crippen LogP contribution in [0.3, 0.4) is 0 Å². The van der Waals surface area contributed by atoms with Crippen molar-refractivity contribution in [1.29, 1.82) is 0 Å². The number of benzene rings is 2. The van der Waals surface area contributed by atoms with Crippen LogP contribution < -0.4 is 4.90 Å². The van der Waals surface area contributed by atoms with Crippen LogP contribution in [-0.2, 0) is 4.79 Å². The average molecular weight is 379 g/mol. The lowest BCUT2D eigenvalue weighted by Crippen LogP contribution is -2.33. The van der Waals surface area contributed by atoms with Gasteiger partial charge in [0.05, 0.1) is 5.69 Å². The van der Waals surface area contributed by atoms with Gasteiger partial charge in [-0.1, -0.05) is 23.7 Å². The van der Waals surface area contributed by atoms with Crippen molar-refractivity contribution < 1.29 is 9.18 Å². The summed E-state index contributed by atoms with van der Waals surface area (Å²) in [5.74, 6) is 0.353. The monoisotopic (exact) mass is 378 g/mol. The molecule has 0 radical (unpaired) electrons. The summed E-state index contributed by atoms with van der Waals surface area (Å²) in [6.45, 7) is 0. The minimum Gasteiger partial charge on any atom is -0.319 e. The first kappa shape index (κ1) is 15.9. The molecule has 0 aromatic heterocycles. The number of carbonyl (C=O) groups is 1. The average Bonchev–Trinajstić information content (AvgIpc) is 3.11. The van der Waals surface area contributed by atoms with Gasteiger partial charge in [0.2, 0.25) is 0 Å². The molecule has 0 saturated carbocycles. The molecule has 0 N–H and O–H groups in total. The lowest BCUT2D eigenvalue weighted by atomic mass is 10.2. The van der Waals surface area contributed by atoms with Crippen LogP contribution in [0.2, 0.25) is 5.02 Å². The fourth-order valence-electron chi connectivity index (χ4n) is 3.00. The Morgan fingerprint density at radius 3 is 2.46 bits per heavy atom. The molecule has 2 aliphatic rings. The molecule has 2 heterocycles. The molecular formula is C17H12ClFN2OS2. The Hall–Kier alpha value is -1.63. The largest absolute Gasteiger partial charge is 0.319 e. The smallest absolute Gasteiger partial charge is 0.257 e. The molecule has 2 aromatic rings. The summed E-state index contributed by atoms with van der Waals surface area (Å²) in [6.07, 6.45) is 0. The van der Waals surface area contributed by atoms with Gasteiger partial charge < -0.3 is 4.90 Å². The van der Waals surface area contributed by atoms with Crippen LogP contribution in [0.5, 0.6) is 0 Å². The molecule has 0 bridgehead atoms. The Balaban J connectivity index is 1.67. The molecule has 0 spiro atoms. The highest BCUT2D eigenvalue weighted by molar-refractivity contribution is 7.99. The number of amides is 1. The van der Waals surface area contributed by atoms with Gasteiger partial charge in [-0.3, -0.25) is 9.69 Å². The highest BCUT2D eigenvalue weighted by atomic mass is 35.5. The minimum atomic E-state index is -0.284. The van der Waals surface area contributed by atoms with Gasteiger partial charge in [-0.05, 0) is 54.2 Å². The maximum absolute atomic E-state index is 13.2. The zero-order chi connectivity index (χ0) is 16.8. The van der Waals surface area contributed by atoms with Crippen molar-refractivity contribution in [1.82, 2.24) is 4.90 Å². The van der Waals surface area contributed by atoms with Crippen molar-refractivity contribution in [3.8, 4) is 0 Å². The second-order valence-corrected chi connectivity index (χ2v) is 7.51. The normalized spacial score (nSPS) is 23.1. The van der Waals surface area contributed by atoms with Crippen LogP contribution in [-0.4, -0.2) is 27.7 Å². The predicted molar refractivity (Wildman–Crippen MR) is 98.8 cm³/mol. The molecule has 4 rings (SSSR count). The van der Waals surface area contributed by atoms with Crippen molar-refractivity contribution in [2.75, 3.05) is 10.7 Å². The number of hydrogen-bond acceptors (Lipinski definition) is 3. The van der Waals surface area contributed by atoms with E-state index in [1.807, 2.05) is 4.90 Å². The molecule has 2 aromatic carbocycles. The number of rotatable bonds is 2. The Bertz CT molecular complexity index is 812. The van der Waals surface area contributed by atoms with Crippen molar-refractivity contribution in [2.24, 2.45) is 0 Å². The molecule has 7 heteroatoms. The first-order chi connectivity index (χ1) is 11.6. The number of anilines is 1. The van der Waals surface area contributed by atoms with E-state index in [2.05, 4.69) is 0 Å². The lowest BCUT2D eigenvalue weighted by molar-refractivity contribution is -0.119. The molecule has 2 aliphatic heterocycles. The topological polar surface area (TPSA) is 23.6 Å². The zero-order valence-corrected chi connectivity index (χ0v) is 14.7. The van der Waals surface area contributed by atoms with Gasteiger partial charge in [-0.15, -0.1) is 11.8 Å². The van der Waals surface area contributed by atoms with Crippen molar-refractivity contribution in [3.63, 3.8) is 0 Å². The van der Waals surface area contributed by atoms with Crippen molar-refractivity contribution >= 4 is 52.3 Å². The third-order valence-electron chi connectivity index (χ3n) is 4.16. The van der Waals surface area contributed by atoms with E-state index in [-0.39, 0.29) is 23.1 Å².